The summed E-state index contributed by atoms with van der Waals surface area (Å²) in [6.45, 7) is 1.71. The molecule has 1 N–H and O–H groups in total. The number of hydrogen-bond acceptors (Lipinski definition) is 6. The van der Waals surface area contributed by atoms with Crippen LogP contribution in [0.1, 0.15) is 0 Å². The molecule has 0 spiro atoms. The molecule has 0 radical (unpaired) electrons. The van der Waals surface area contributed by atoms with Crippen LogP contribution in [0.2, 0.25) is 0 Å². The average molecular weight is 355 g/mol. The number of hydrogen-bond donors (Lipinski definition) is 1. The van der Waals surface area contributed by atoms with Gasteiger partial charge in [0, 0.05) is 30.1 Å². The number of methoxy groups -OCH3 is 3. The minimum atomic E-state index is 0.694. The molecule has 26 heavy (non-hydrogen) atoms. The van der Waals surface area contributed by atoms with E-state index in [-0.39, 0.29) is 0 Å². The SMILES string of the molecule is COc1cc2cnc3c(NCCN(C)C)c(OC)ccc3c2cc1OC. The van der Waals surface area contributed by atoms with Crippen LogP contribution >= 0.6 is 0 Å². The van der Waals surface area contributed by atoms with Gasteiger partial charge >= 0.3 is 0 Å². The molecule has 0 amide bonds. The van der Waals surface area contributed by atoms with E-state index in [1.54, 1.807) is 21.3 Å². The number of nitrogens with one attached hydrogen (secondary N) is 1. The summed E-state index contributed by atoms with van der Waals surface area (Å²) in [7, 11) is 9.05. The van der Waals surface area contributed by atoms with Crippen LogP contribution in [0, 0.1) is 0 Å². The van der Waals surface area contributed by atoms with Crippen molar-refractivity contribution in [1.82, 2.24) is 9.88 Å². The first-order valence-corrected chi connectivity index (χ1v) is 8.49. The van der Waals surface area contributed by atoms with Crippen LogP contribution in [0.3, 0.4) is 0 Å². The van der Waals surface area contributed by atoms with Gasteiger partial charge in [0.15, 0.2) is 11.5 Å². The second kappa shape index (κ2) is 7.66. The van der Waals surface area contributed by atoms with Crippen LogP contribution in [0.15, 0.2) is 30.5 Å². The smallest absolute Gasteiger partial charge is 0.161 e. The third-order valence-corrected chi connectivity index (χ3v) is 4.40. The summed E-state index contributed by atoms with van der Waals surface area (Å²) >= 11 is 0. The van der Waals surface area contributed by atoms with Gasteiger partial charge in [-0.2, -0.15) is 0 Å². The molecule has 3 rings (SSSR count). The van der Waals surface area contributed by atoms with Crippen molar-refractivity contribution in [1.29, 1.82) is 0 Å². The predicted octanol–water partition coefficient (Wildman–Crippen LogP) is 3.39. The van der Waals surface area contributed by atoms with Crippen LogP contribution in [-0.2, 0) is 0 Å². The lowest BCUT2D eigenvalue weighted by Crippen LogP contribution is -2.21. The van der Waals surface area contributed by atoms with Gasteiger partial charge in [0.05, 0.1) is 26.8 Å². The quantitative estimate of drug-likeness (QED) is 0.656. The first kappa shape index (κ1) is 18.1. The maximum atomic E-state index is 5.54. The van der Waals surface area contributed by atoms with Crippen molar-refractivity contribution in [3.05, 3.63) is 30.5 Å². The monoisotopic (exact) mass is 355 g/mol. The van der Waals surface area contributed by atoms with E-state index in [4.69, 9.17) is 19.2 Å². The molecule has 0 atom stereocenters. The molecule has 1 heterocycles. The Bertz CT molecular complexity index is 925. The highest BCUT2D eigenvalue weighted by atomic mass is 16.5. The summed E-state index contributed by atoms with van der Waals surface area (Å²) in [6.07, 6.45) is 1.86. The van der Waals surface area contributed by atoms with Crippen LogP contribution in [0.5, 0.6) is 17.2 Å². The maximum absolute atomic E-state index is 5.54. The van der Waals surface area contributed by atoms with Gasteiger partial charge in [-0.05, 0) is 43.7 Å². The van der Waals surface area contributed by atoms with E-state index >= 15 is 0 Å². The predicted molar refractivity (Wildman–Crippen MR) is 106 cm³/mol. The van der Waals surface area contributed by atoms with Gasteiger partial charge in [0.2, 0.25) is 0 Å². The molecule has 3 aromatic rings. The first-order chi connectivity index (χ1) is 12.6. The highest BCUT2D eigenvalue weighted by Gasteiger charge is 2.14. The van der Waals surface area contributed by atoms with Gasteiger partial charge in [0.25, 0.3) is 0 Å². The Labute approximate surface area is 153 Å². The van der Waals surface area contributed by atoms with Crippen molar-refractivity contribution in [3.8, 4) is 17.2 Å². The molecule has 0 aliphatic heterocycles. The summed E-state index contributed by atoms with van der Waals surface area (Å²) in [4.78, 5) is 6.82. The third-order valence-electron chi connectivity index (χ3n) is 4.40. The number of likely N-dealkylation sites (N-methyl/N-ethyl adjacent to an activating group) is 1. The molecule has 6 nitrogen and oxygen atoms in total. The minimum Gasteiger partial charge on any atom is -0.495 e. The molecule has 0 aliphatic rings. The minimum absolute atomic E-state index is 0.694. The van der Waals surface area contributed by atoms with Crippen molar-refractivity contribution in [3.63, 3.8) is 0 Å². The Hall–Kier alpha value is -2.73. The summed E-state index contributed by atoms with van der Waals surface area (Å²) in [5, 5.41) is 6.57. The molecule has 0 bridgehead atoms. The van der Waals surface area contributed by atoms with Crippen LogP contribution in [0.4, 0.5) is 5.69 Å². The van der Waals surface area contributed by atoms with Gasteiger partial charge in [-0.15, -0.1) is 0 Å². The van der Waals surface area contributed by atoms with Crippen LogP contribution in [0.25, 0.3) is 21.7 Å². The molecule has 0 saturated carbocycles. The largest absolute Gasteiger partial charge is 0.495 e. The number of pyridine rings is 1. The van der Waals surface area contributed by atoms with E-state index in [0.717, 1.165) is 46.2 Å². The Morgan fingerprint density at radius 1 is 0.923 bits per heavy atom. The van der Waals surface area contributed by atoms with E-state index in [0.29, 0.717) is 11.5 Å². The molecule has 0 saturated heterocycles. The molecule has 1 aromatic heterocycles. The summed E-state index contributed by atoms with van der Waals surface area (Å²) in [5.74, 6) is 2.17. The van der Waals surface area contributed by atoms with Crippen molar-refractivity contribution in [2.24, 2.45) is 0 Å². The van der Waals surface area contributed by atoms with Crippen LogP contribution < -0.4 is 19.5 Å². The number of benzene rings is 2. The van der Waals surface area contributed by atoms with Crippen molar-refractivity contribution in [2.75, 3.05) is 53.8 Å². The normalized spacial score (nSPS) is 11.2. The maximum Gasteiger partial charge on any atom is 0.161 e. The summed E-state index contributed by atoms with van der Waals surface area (Å²) < 4.78 is 16.4. The highest BCUT2D eigenvalue weighted by molar-refractivity contribution is 6.11. The lowest BCUT2D eigenvalue weighted by Gasteiger charge is -2.17. The molecular formula is C20H25N3O3. The molecule has 6 heteroatoms. The number of ether oxygens (including phenoxy) is 3. The van der Waals surface area contributed by atoms with E-state index < -0.39 is 0 Å². The summed E-state index contributed by atoms with van der Waals surface area (Å²) in [6, 6.07) is 7.95. The van der Waals surface area contributed by atoms with Gasteiger partial charge in [0.1, 0.15) is 11.4 Å². The molecule has 0 fully saturated rings. The van der Waals surface area contributed by atoms with E-state index in [2.05, 4.69) is 10.2 Å². The molecule has 2 aromatic carbocycles. The second-order valence-corrected chi connectivity index (χ2v) is 6.32. The first-order valence-electron chi connectivity index (χ1n) is 8.49. The molecule has 0 aliphatic carbocycles. The lowest BCUT2D eigenvalue weighted by molar-refractivity contribution is 0.356. The molecule has 0 unspecified atom stereocenters. The number of anilines is 1. The topological polar surface area (TPSA) is 55.9 Å². The highest BCUT2D eigenvalue weighted by Crippen LogP contribution is 2.39. The lowest BCUT2D eigenvalue weighted by atomic mass is 10.0. The Kier molecular flexibility index (Phi) is 5.32. The second-order valence-electron chi connectivity index (χ2n) is 6.32. The molecule has 138 valence electrons. The summed E-state index contributed by atoms with van der Waals surface area (Å²) in [5.41, 5.74) is 1.78. The molecular weight excluding hydrogens is 330 g/mol. The fourth-order valence-corrected chi connectivity index (χ4v) is 3.04. The Morgan fingerprint density at radius 3 is 2.27 bits per heavy atom. The van der Waals surface area contributed by atoms with E-state index in [9.17, 15) is 0 Å². The van der Waals surface area contributed by atoms with E-state index in [1.807, 2.05) is 44.6 Å². The standard InChI is InChI=1S/C20H25N3O3/c1-23(2)9-8-21-20-16(24-3)7-6-14-15-11-18(26-5)17(25-4)10-13(15)12-22-19(14)20/h6-7,10-12,21H,8-9H2,1-5H3. The van der Waals surface area contributed by atoms with Gasteiger partial charge in [-0.3, -0.25) is 4.98 Å². The number of aromatic nitrogens is 1. The Balaban J connectivity index is 2.18. The zero-order chi connectivity index (χ0) is 18.7. The van der Waals surface area contributed by atoms with Crippen molar-refractivity contribution >= 4 is 27.4 Å². The Morgan fingerprint density at radius 2 is 1.62 bits per heavy atom. The van der Waals surface area contributed by atoms with E-state index in [1.165, 1.54) is 0 Å². The fraction of sp³-hybridized carbons (Fsp3) is 0.350. The van der Waals surface area contributed by atoms with Crippen LogP contribution in [-0.4, -0.2) is 58.4 Å². The zero-order valence-electron chi connectivity index (χ0n) is 15.9. The average Bonchev–Trinajstić information content (AvgIpc) is 2.66. The van der Waals surface area contributed by atoms with Gasteiger partial charge in [-0.1, -0.05) is 0 Å². The van der Waals surface area contributed by atoms with Gasteiger partial charge < -0.3 is 24.4 Å². The third kappa shape index (κ3) is 3.32. The number of fused-ring (bicyclic) bond motifs is 3. The number of nitrogens with zero attached hydrogens (tertiary/aromatic N) is 2. The number of rotatable bonds is 7. The van der Waals surface area contributed by atoms with Crippen molar-refractivity contribution in [2.45, 2.75) is 0 Å². The zero-order valence-corrected chi connectivity index (χ0v) is 15.9. The fourth-order valence-electron chi connectivity index (χ4n) is 3.04. The van der Waals surface area contributed by atoms with Gasteiger partial charge in [-0.25, -0.2) is 0 Å². The van der Waals surface area contributed by atoms with Crippen molar-refractivity contribution < 1.29 is 14.2 Å².